The van der Waals surface area contributed by atoms with E-state index in [0.29, 0.717) is 5.92 Å². The van der Waals surface area contributed by atoms with Gasteiger partial charge in [0.15, 0.2) is 0 Å². The molecule has 0 spiro atoms. The third-order valence-corrected chi connectivity index (χ3v) is 3.78. The second-order valence-electron chi connectivity index (χ2n) is 6.20. The molecule has 114 valence electrons. The minimum atomic E-state index is 0.689. The first-order valence-electron chi connectivity index (χ1n) is 7.91. The first kappa shape index (κ1) is 14.8. The van der Waals surface area contributed by atoms with Crippen molar-refractivity contribution >= 4 is 11.0 Å². The lowest BCUT2D eigenvalue weighted by Gasteiger charge is -2.09. The Bertz CT molecular complexity index is 726. The van der Waals surface area contributed by atoms with E-state index < -0.39 is 0 Å². The third kappa shape index (κ3) is 3.55. The Morgan fingerprint density at radius 2 is 1.73 bits per heavy atom. The van der Waals surface area contributed by atoms with Crippen molar-refractivity contribution < 1.29 is 0 Å². The van der Waals surface area contributed by atoms with Gasteiger partial charge in [0, 0.05) is 13.1 Å². The molecule has 3 rings (SSSR count). The summed E-state index contributed by atoms with van der Waals surface area (Å²) in [5, 5.41) is 3.48. The number of imidazole rings is 1. The number of aromatic nitrogens is 2. The van der Waals surface area contributed by atoms with Crippen LogP contribution in [0.5, 0.6) is 0 Å². The molecule has 3 aromatic rings. The fourth-order valence-electron chi connectivity index (χ4n) is 2.60. The Morgan fingerprint density at radius 1 is 1.00 bits per heavy atom. The SMILES string of the molecule is CC(C)CNCc1ccc(Cn2cnc3ccccc32)cc1. The predicted octanol–water partition coefficient (Wildman–Crippen LogP) is 3.83. The molecule has 0 aliphatic heterocycles. The Kier molecular flexibility index (Phi) is 4.54. The van der Waals surface area contributed by atoms with Crippen molar-refractivity contribution in [2.45, 2.75) is 26.9 Å². The number of para-hydroxylation sites is 2. The largest absolute Gasteiger partial charge is 0.326 e. The fourth-order valence-corrected chi connectivity index (χ4v) is 2.60. The highest BCUT2D eigenvalue weighted by atomic mass is 15.0. The van der Waals surface area contributed by atoms with E-state index in [1.54, 1.807) is 0 Å². The highest BCUT2D eigenvalue weighted by molar-refractivity contribution is 5.75. The van der Waals surface area contributed by atoms with E-state index in [-0.39, 0.29) is 0 Å². The molecule has 3 heteroatoms. The zero-order valence-corrected chi connectivity index (χ0v) is 13.3. The quantitative estimate of drug-likeness (QED) is 0.748. The fraction of sp³-hybridized carbons (Fsp3) is 0.316. The van der Waals surface area contributed by atoms with E-state index in [4.69, 9.17) is 0 Å². The summed E-state index contributed by atoms with van der Waals surface area (Å²) in [5.74, 6) is 0.689. The second kappa shape index (κ2) is 6.75. The van der Waals surface area contributed by atoms with Gasteiger partial charge in [0.2, 0.25) is 0 Å². The van der Waals surface area contributed by atoms with Crippen LogP contribution in [0, 0.1) is 5.92 Å². The van der Waals surface area contributed by atoms with Crippen molar-refractivity contribution in [3.05, 3.63) is 66.0 Å². The van der Waals surface area contributed by atoms with Crippen LogP contribution in [0.1, 0.15) is 25.0 Å². The molecule has 1 aromatic heterocycles. The third-order valence-electron chi connectivity index (χ3n) is 3.78. The van der Waals surface area contributed by atoms with Gasteiger partial charge in [-0.25, -0.2) is 4.98 Å². The summed E-state index contributed by atoms with van der Waals surface area (Å²) in [6.45, 7) is 7.31. The molecular formula is C19H23N3. The normalized spacial score (nSPS) is 11.4. The molecule has 0 aliphatic rings. The van der Waals surface area contributed by atoms with Gasteiger partial charge in [0.05, 0.1) is 17.4 Å². The van der Waals surface area contributed by atoms with Gasteiger partial charge in [-0.2, -0.15) is 0 Å². The molecular weight excluding hydrogens is 270 g/mol. The van der Waals surface area contributed by atoms with E-state index in [9.17, 15) is 0 Å². The molecule has 0 fully saturated rings. The van der Waals surface area contributed by atoms with Crippen LogP contribution < -0.4 is 5.32 Å². The summed E-state index contributed by atoms with van der Waals surface area (Å²) in [6, 6.07) is 17.1. The van der Waals surface area contributed by atoms with Gasteiger partial charge in [0.1, 0.15) is 0 Å². The van der Waals surface area contributed by atoms with Crippen LogP contribution in [0.25, 0.3) is 11.0 Å². The van der Waals surface area contributed by atoms with Crippen molar-refractivity contribution in [3.63, 3.8) is 0 Å². The smallest absolute Gasteiger partial charge is 0.0961 e. The number of hydrogen-bond acceptors (Lipinski definition) is 2. The lowest BCUT2D eigenvalue weighted by molar-refractivity contribution is 0.552. The Morgan fingerprint density at radius 3 is 2.50 bits per heavy atom. The molecule has 0 amide bonds. The van der Waals surface area contributed by atoms with E-state index in [1.807, 2.05) is 12.4 Å². The molecule has 1 heterocycles. The molecule has 0 bridgehead atoms. The highest BCUT2D eigenvalue weighted by Crippen LogP contribution is 2.14. The topological polar surface area (TPSA) is 29.9 Å². The minimum absolute atomic E-state index is 0.689. The second-order valence-corrected chi connectivity index (χ2v) is 6.20. The van der Waals surface area contributed by atoms with Crippen molar-refractivity contribution in [1.82, 2.24) is 14.9 Å². The van der Waals surface area contributed by atoms with E-state index in [2.05, 4.69) is 71.2 Å². The molecule has 0 radical (unpaired) electrons. The maximum atomic E-state index is 4.44. The monoisotopic (exact) mass is 293 g/mol. The van der Waals surface area contributed by atoms with E-state index >= 15 is 0 Å². The molecule has 2 aromatic carbocycles. The number of nitrogens with zero attached hydrogens (tertiary/aromatic N) is 2. The van der Waals surface area contributed by atoms with Gasteiger partial charge in [-0.15, -0.1) is 0 Å². The van der Waals surface area contributed by atoms with Crippen LogP contribution in [-0.2, 0) is 13.1 Å². The number of fused-ring (bicyclic) bond motifs is 1. The Hall–Kier alpha value is -2.13. The van der Waals surface area contributed by atoms with E-state index in [0.717, 1.165) is 25.2 Å². The lowest BCUT2D eigenvalue weighted by atomic mass is 10.1. The molecule has 3 nitrogen and oxygen atoms in total. The summed E-state index contributed by atoms with van der Waals surface area (Å²) in [4.78, 5) is 4.44. The molecule has 0 saturated carbocycles. The summed E-state index contributed by atoms with van der Waals surface area (Å²) >= 11 is 0. The lowest BCUT2D eigenvalue weighted by Crippen LogP contribution is -2.18. The van der Waals surface area contributed by atoms with Crippen LogP contribution in [0.4, 0.5) is 0 Å². The van der Waals surface area contributed by atoms with Crippen LogP contribution in [0.3, 0.4) is 0 Å². The van der Waals surface area contributed by atoms with Gasteiger partial charge in [-0.3, -0.25) is 0 Å². The Labute approximate surface area is 132 Å². The highest BCUT2D eigenvalue weighted by Gasteiger charge is 2.02. The van der Waals surface area contributed by atoms with Gasteiger partial charge in [-0.05, 0) is 35.7 Å². The zero-order valence-electron chi connectivity index (χ0n) is 13.3. The van der Waals surface area contributed by atoms with Crippen LogP contribution in [0.15, 0.2) is 54.9 Å². The molecule has 0 atom stereocenters. The summed E-state index contributed by atoms with van der Waals surface area (Å²) < 4.78 is 2.20. The minimum Gasteiger partial charge on any atom is -0.326 e. The zero-order chi connectivity index (χ0) is 15.4. The molecule has 1 N–H and O–H groups in total. The van der Waals surface area contributed by atoms with E-state index in [1.165, 1.54) is 16.6 Å². The maximum absolute atomic E-state index is 4.44. The van der Waals surface area contributed by atoms with Crippen LogP contribution >= 0.6 is 0 Å². The van der Waals surface area contributed by atoms with Crippen LogP contribution in [-0.4, -0.2) is 16.1 Å². The van der Waals surface area contributed by atoms with Gasteiger partial charge in [0.25, 0.3) is 0 Å². The maximum Gasteiger partial charge on any atom is 0.0961 e. The molecule has 22 heavy (non-hydrogen) atoms. The number of rotatable bonds is 6. The number of benzene rings is 2. The average molecular weight is 293 g/mol. The van der Waals surface area contributed by atoms with Crippen molar-refractivity contribution in [2.24, 2.45) is 5.92 Å². The molecule has 0 unspecified atom stereocenters. The molecule has 0 saturated heterocycles. The summed E-state index contributed by atoms with van der Waals surface area (Å²) in [7, 11) is 0. The van der Waals surface area contributed by atoms with Crippen molar-refractivity contribution in [1.29, 1.82) is 0 Å². The first-order valence-corrected chi connectivity index (χ1v) is 7.91. The van der Waals surface area contributed by atoms with Crippen molar-refractivity contribution in [3.8, 4) is 0 Å². The number of hydrogen-bond donors (Lipinski definition) is 1. The predicted molar refractivity (Wildman–Crippen MR) is 91.8 cm³/mol. The number of nitrogens with one attached hydrogen (secondary N) is 1. The van der Waals surface area contributed by atoms with Gasteiger partial charge < -0.3 is 9.88 Å². The Balaban J connectivity index is 1.66. The van der Waals surface area contributed by atoms with Crippen molar-refractivity contribution in [2.75, 3.05) is 6.54 Å². The first-order chi connectivity index (χ1) is 10.7. The standard InChI is InChI=1S/C19H23N3/c1-15(2)11-20-12-16-7-9-17(10-8-16)13-22-14-21-18-5-3-4-6-19(18)22/h3-10,14-15,20H,11-13H2,1-2H3. The molecule has 0 aliphatic carbocycles. The summed E-state index contributed by atoms with van der Waals surface area (Å²) in [6.07, 6.45) is 1.92. The average Bonchev–Trinajstić information content (AvgIpc) is 2.92. The summed E-state index contributed by atoms with van der Waals surface area (Å²) in [5.41, 5.74) is 4.87. The van der Waals surface area contributed by atoms with Gasteiger partial charge >= 0.3 is 0 Å². The van der Waals surface area contributed by atoms with Crippen LogP contribution in [0.2, 0.25) is 0 Å². The van der Waals surface area contributed by atoms with Gasteiger partial charge in [-0.1, -0.05) is 50.2 Å².